The van der Waals surface area contributed by atoms with Crippen LogP contribution < -0.4 is 5.73 Å². The molecule has 3 N–H and O–H groups in total. The molecule has 0 bridgehead atoms. The van der Waals surface area contributed by atoms with E-state index >= 15 is 0 Å². The van der Waals surface area contributed by atoms with Crippen LogP contribution in [0.3, 0.4) is 0 Å². The third-order valence-corrected chi connectivity index (χ3v) is 4.00. The summed E-state index contributed by atoms with van der Waals surface area (Å²) in [4.78, 5) is 8.41. The van der Waals surface area contributed by atoms with Crippen LogP contribution in [0.25, 0.3) is 22.1 Å². The lowest BCUT2D eigenvalue weighted by molar-refractivity contribution is 0.282. The molecular formula is C18H23Cl2N5O. The summed E-state index contributed by atoms with van der Waals surface area (Å²) >= 11 is 0. The summed E-state index contributed by atoms with van der Waals surface area (Å²) in [5.41, 5.74) is 11.7. The van der Waals surface area contributed by atoms with Crippen LogP contribution in [0.2, 0.25) is 0 Å². The number of halogens is 2. The number of rotatable bonds is 2. The Hall–Kier alpha value is -2.12. The minimum absolute atomic E-state index is 0. The minimum atomic E-state index is 0. The summed E-state index contributed by atoms with van der Waals surface area (Å²) in [6.45, 7) is 0.652. The highest BCUT2D eigenvalue weighted by atomic mass is 35.5. The first-order chi connectivity index (χ1) is 11.6. The van der Waals surface area contributed by atoms with Gasteiger partial charge < -0.3 is 20.0 Å². The van der Waals surface area contributed by atoms with E-state index in [2.05, 4.69) is 9.97 Å². The van der Waals surface area contributed by atoms with Crippen molar-refractivity contribution in [2.45, 2.75) is 13.2 Å². The SMILES string of the molecule is Cl.Cl.Cn1cnc2cc(CN)ccc21.Cn1cnc2cc(CO)ccc21. The van der Waals surface area contributed by atoms with E-state index in [9.17, 15) is 0 Å². The Bertz CT molecular complexity index is 900. The number of hydrogen-bond donors (Lipinski definition) is 2. The van der Waals surface area contributed by atoms with Crippen LogP contribution >= 0.6 is 24.8 Å². The zero-order valence-electron chi connectivity index (χ0n) is 14.7. The smallest absolute Gasteiger partial charge is 0.0955 e. The second-order valence-corrected chi connectivity index (χ2v) is 5.72. The molecule has 26 heavy (non-hydrogen) atoms. The summed E-state index contributed by atoms with van der Waals surface area (Å²) in [7, 11) is 3.94. The molecule has 0 aliphatic heterocycles. The van der Waals surface area contributed by atoms with Gasteiger partial charge in [0.1, 0.15) is 0 Å². The Labute approximate surface area is 164 Å². The van der Waals surface area contributed by atoms with E-state index in [1.807, 2.05) is 66.0 Å². The Morgan fingerprint density at radius 2 is 1.31 bits per heavy atom. The molecule has 0 atom stereocenters. The lowest BCUT2D eigenvalue weighted by atomic mass is 10.2. The van der Waals surface area contributed by atoms with Crippen molar-refractivity contribution in [2.75, 3.05) is 0 Å². The van der Waals surface area contributed by atoms with E-state index in [4.69, 9.17) is 10.8 Å². The molecule has 0 radical (unpaired) electrons. The first-order valence-electron chi connectivity index (χ1n) is 7.73. The molecule has 0 spiro atoms. The van der Waals surface area contributed by atoms with Crippen LogP contribution in [0.4, 0.5) is 0 Å². The molecule has 2 heterocycles. The Morgan fingerprint density at radius 3 is 1.77 bits per heavy atom. The van der Waals surface area contributed by atoms with E-state index < -0.39 is 0 Å². The van der Waals surface area contributed by atoms with E-state index in [0.29, 0.717) is 6.54 Å². The van der Waals surface area contributed by atoms with Crippen LogP contribution in [0.15, 0.2) is 49.1 Å². The number of nitrogens with zero attached hydrogens (tertiary/aromatic N) is 4. The van der Waals surface area contributed by atoms with Crippen LogP contribution in [0.1, 0.15) is 11.1 Å². The second-order valence-electron chi connectivity index (χ2n) is 5.72. The molecule has 4 aromatic rings. The summed E-state index contributed by atoms with van der Waals surface area (Å²) in [6.07, 6.45) is 3.58. The number of fused-ring (bicyclic) bond motifs is 2. The zero-order valence-corrected chi connectivity index (χ0v) is 16.3. The first-order valence-corrected chi connectivity index (χ1v) is 7.73. The third-order valence-electron chi connectivity index (χ3n) is 4.00. The van der Waals surface area contributed by atoms with Crippen LogP contribution in [0.5, 0.6) is 0 Å². The fourth-order valence-corrected chi connectivity index (χ4v) is 2.59. The van der Waals surface area contributed by atoms with Crippen molar-refractivity contribution >= 4 is 46.9 Å². The average molecular weight is 396 g/mol. The predicted molar refractivity (Wildman–Crippen MR) is 110 cm³/mol. The van der Waals surface area contributed by atoms with Gasteiger partial charge in [0.05, 0.1) is 41.3 Å². The molecule has 140 valence electrons. The Balaban J connectivity index is 0.000000241. The summed E-state index contributed by atoms with van der Waals surface area (Å²) in [6, 6.07) is 11.9. The van der Waals surface area contributed by atoms with Gasteiger partial charge in [-0.3, -0.25) is 0 Å². The van der Waals surface area contributed by atoms with Crippen molar-refractivity contribution in [1.29, 1.82) is 0 Å². The molecule has 0 unspecified atom stereocenters. The predicted octanol–water partition coefficient (Wildman–Crippen LogP) is 2.94. The highest BCUT2D eigenvalue weighted by Crippen LogP contribution is 2.14. The molecule has 0 saturated heterocycles. The number of benzene rings is 2. The molecule has 2 aromatic heterocycles. The topological polar surface area (TPSA) is 81.9 Å². The maximum absolute atomic E-state index is 8.87. The molecule has 0 aliphatic rings. The van der Waals surface area contributed by atoms with Gasteiger partial charge in [-0.05, 0) is 35.4 Å². The van der Waals surface area contributed by atoms with Crippen molar-refractivity contribution < 1.29 is 5.11 Å². The zero-order chi connectivity index (χ0) is 17.1. The second kappa shape index (κ2) is 9.54. The average Bonchev–Trinajstić information content (AvgIpc) is 3.18. The van der Waals surface area contributed by atoms with Crippen LogP contribution in [-0.4, -0.2) is 24.2 Å². The van der Waals surface area contributed by atoms with Crippen LogP contribution in [0, 0.1) is 0 Å². The van der Waals surface area contributed by atoms with Gasteiger partial charge in [0.25, 0.3) is 0 Å². The largest absolute Gasteiger partial charge is 0.392 e. The monoisotopic (exact) mass is 395 g/mol. The molecule has 2 aromatic carbocycles. The van der Waals surface area contributed by atoms with Gasteiger partial charge in [-0.25, -0.2) is 9.97 Å². The molecule has 0 saturated carbocycles. The van der Waals surface area contributed by atoms with Crippen molar-refractivity contribution in [3.8, 4) is 0 Å². The molecule has 0 amide bonds. The normalized spacial score (nSPS) is 10.0. The van der Waals surface area contributed by atoms with E-state index in [-0.39, 0.29) is 31.4 Å². The molecule has 0 fully saturated rings. The quantitative estimate of drug-likeness (QED) is 0.546. The van der Waals surface area contributed by atoms with Gasteiger partial charge >= 0.3 is 0 Å². The fourth-order valence-electron chi connectivity index (χ4n) is 2.59. The Kier molecular flexibility index (Phi) is 8.05. The van der Waals surface area contributed by atoms with E-state index in [1.165, 1.54) is 0 Å². The number of aliphatic hydroxyl groups excluding tert-OH is 1. The maximum atomic E-state index is 8.87. The van der Waals surface area contributed by atoms with Gasteiger partial charge in [0.15, 0.2) is 0 Å². The summed E-state index contributed by atoms with van der Waals surface area (Å²) in [5.74, 6) is 0. The van der Waals surface area contributed by atoms with Gasteiger partial charge in [-0.1, -0.05) is 12.1 Å². The number of aromatic nitrogens is 4. The van der Waals surface area contributed by atoms with Gasteiger partial charge in [0, 0.05) is 20.6 Å². The highest BCUT2D eigenvalue weighted by Gasteiger charge is 2.00. The van der Waals surface area contributed by atoms with Crippen molar-refractivity contribution in [2.24, 2.45) is 19.8 Å². The first kappa shape index (κ1) is 21.9. The molecule has 4 rings (SSSR count). The number of imidazole rings is 2. The number of nitrogens with two attached hydrogens (primary N) is 1. The van der Waals surface area contributed by atoms with Crippen molar-refractivity contribution in [3.05, 3.63) is 60.2 Å². The third kappa shape index (κ3) is 4.53. The molecular weight excluding hydrogens is 373 g/mol. The van der Waals surface area contributed by atoms with Gasteiger partial charge in [-0.2, -0.15) is 0 Å². The number of aryl methyl sites for hydroxylation is 2. The minimum Gasteiger partial charge on any atom is -0.392 e. The number of aliphatic hydroxyl groups is 1. The van der Waals surface area contributed by atoms with E-state index in [1.54, 1.807) is 6.33 Å². The molecule has 0 aliphatic carbocycles. The van der Waals surface area contributed by atoms with Gasteiger partial charge in [0.2, 0.25) is 0 Å². The van der Waals surface area contributed by atoms with Gasteiger partial charge in [-0.15, -0.1) is 24.8 Å². The lowest BCUT2D eigenvalue weighted by Crippen LogP contribution is -1.95. The summed E-state index contributed by atoms with van der Waals surface area (Å²) in [5, 5.41) is 8.87. The highest BCUT2D eigenvalue weighted by molar-refractivity contribution is 5.85. The van der Waals surface area contributed by atoms with E-state index in [0.717, 1.165) is 33.2 Å². The number of hydrogen-bond acceptors (Lipinski definition) is 4. The summed E-state index contributed by atoms with van der Waals surface area (Å²) < 4.78 is 3.95. The maximum Gasteiger partial charge on any atom is 0.0955 e. The fraction of sp³-hybridized carbons (Fsp3) is 0.222. The van der Waals surface area contributed by atoms with Crippen molar-refractivity contribution in [3.63, 3.8) is 0 Å². The van der Waals surface area contributed by atoms with Crippen LogP contribution in [-0.2, 0) is 27.2 Å². The van der Waals surface area contributed by atoms with Crippen molar-refractivity contribution in [1.82, 2.24) is 19.1 Å². The lowest BCUT2D eigenvalue weighted by Gasteiger charge is -1.96. The Morgan fingerprint density at radius 1 is 0.846 bits per heavy atom. The standard InChI is InChI=1S/C9H11N3.C9H10N2O.2ClH/c1-12-6-11-8-4-7(5-10)2-3-9(8)12;1-11-6-10-8-4-7(5-12)2-3-9(8)11;;/h2-4,6H,5,10H2,1H3;2-4,6,12H,5H2,1H3;2*1H. The molecule has 8 heteroatoms. The molecule has 6 nitrogen and oxygen atoms in total.